The molecule has 0 aromatic carbocycles. The van der Waals surface area contributed by atoms with Gasteiger partial charge in [-0.3, -0.25) is 0 Å². The number of carbonyl (C=O) groups excluding carboxylic acids is 1. The van der Waals surface area contributed by atoms with Crippen molar-refractivity contribution in [3.63, 3.8) is 0 Å². The molecule has 10 atom stereocenters. The molecule has 1 nitrogen and oxygen atoms in total. The molecule has 0 radical (unpaired) electrons. The summed E-state index contributed by atoms with van der Waals surface area (Å²) in [6, 6.07) is 0. The number of hydrogen-bond donors (Lipinski definition) is 0. The molecular formula is C22H34O. The van der Waals surface area contributed by atoms with Crippen molar-refractivity contribution in [3.05, 3.63) is 0 Å². The third kappa shape index (κ3) is 2.00. The molecule has 0 saturated heterocycles. The summed E-state index contributed by atoms with van der Waals surface area (Å²) in [5.74, 6) is 8.85. The molecule has 0 aromatic heterocycles. The van der Waals surface area contributed by atoms with Crippen LogP contribution in [0, 0.1) is 58.7 Å². The van der Waals surface area contributed by atoms with Crippen LogP contribution in [0.4, 0.5) is 0 Å². The molecule has 0 aliphatic heterocycles. The van der Waals surface area contributed by atoms with E-state index in [1.165, 1.54) is 57.7 Å². The van der Waals surface area contributed by atoms with Gasteiger partial charge >= 0.3 is 0 Å². The Morgan fingerprint density at radius 3 is 2.57 bits per heavy atom. The van der Waals surface area contributed by atoms with Crippen molar-refractivity contribution < 1.29 is 4.79 Å². The smallest absolute Gasteiger partial charge is 0.120 e. The van der Waals surface area contributed by atoms with E-state index in [1.54, 1.807) is 0 Å². The highest BCUT2D eigenvalue weighted by Gasteiger charge is 2.68. The van der Waals surface area contributed by atoms with E-state index < -0.39 is 0 Å². The zero-order chi connectivity index (χ0) is 15.8. The van der Waals surface area contributed by atoms with Crippen LogP contribution in [-0.4, -0.2) is 6.29 Å². The highest BCUT2D eigenvalue weighted by Crippen LogP contribution is 2.75. The second kappa shape index (κ2) is 5.09. The van der Waals surface area contributed by atoms with E-state index in [0.717, 1.165) is 59.7 Å². The Balaban J connectivity index is 1.42. The maximum atomic E-state index is 11.2. The molecule has 0 heterocycles. The number of aldehydes is 1. The normalized spacial score (nSPS) is 60.2. The highest BCUT2D eigenvalue weighted by atomic mass is 16.1. The maximum Gasteiger partial charge on any atom is 0.120 e. The van der Waals surface area contributed by atoms with Gasteiger partial charge in [-0.1, -0.05) is 20.3 Å². The van der Waals surface area contributed by atoms with E-state index in [2.05, 4.69) is 13.8 Å². The van der Waals surface area contributed by atoms with E-state index in [-0.39, 0.29) is 0 Å². The molecule has 128 valence electrons. The average molecular weight is 315 g/mol. The van der Waals surface area contributed by atoms with Gasteiger partial charge in [-0.15, -0.1) is 0 Å². The number of fused-ring (bicyclic) bond motifs is 7. The molecule has 23 heavy (non-hydrogen) atoms. The summed E-state index contributed by atoms with van der Waals surface area (Å²) in [6.45, 7) is 5.07. The van der Waals surface area contributed by atoms with Gasteiger partial charge in [0.05, 0.1) is 0 Å². The Labute approximate surface area is 142 Å². The van der Waals surface area contributed by atoms with Gasteiger partial charge in [0.25, 0.3) is 0 Å². The van der Waals surface area contributed by atoms with Crippen molar-refractivity contribution in [2.24, 2.45) is 58.7 Å². The van der Waals surface area contributed by atoms with Crippen LogP contribution < -0.4 is 0 Å². The zero-order valence-electron chi connectivity index (χ0n) is 15.0. The zero-order valence-corrected chi connectivity index (χ0v) is 15.0. The number of hydrogen-bond acceptors (Lipinski definition) is 1. The molecule has 5 aliphatic carbocycles. The topological polar surface area (TPSA) is 17.1 Å². The summed E-state index contributed by atoms with van der Waals surface area (Å²) >= 11 is 0. The first-order valence-corrected chi connectivity index (χ1v) is 10.6. The van der Waals surface area contributed by atoms with Crippen LogP contribution in [0.3, 0.4) is 0 Å². The van der Waals surface area contributed by atoms with Gasteiger partial charge in [-0.25, -0.2) is 0 Å². The van der Waals surface area contributed by atoms with Gasteiger partial charge in [0.1, 0.15) is 6.29 Å². The van der Waals surface area contributed by atoms with Crippen molar-refractivity contribution in [3.8, 4) is 0 Å². The molecule has 5 aliphatic rings. The van der Waals surface area contributed by atoms with Crippen molar-refractivity contribution in [2.75, 3.05) is 0 Å². The predicted molar refractivity (Wildman–Crippen MR) is 92.8 cm³/mol. The number of carbonyl (C=O) groups is 1. The summed E-state index contributed by atoms with van der Waals surface area (Å²) in [7, 11) is 0. The number of rotatable bonds is 2. The van der Waals surface area contributed by atoms with Gasteiger partial charge in [-0.05, 0) is 104 Å². The van der Waals surface area contributed by atoms with Gasteiger partial charge < -0.3 is 4.79 Å². The van der Waals surface area contributed by atoms with E-state index in [0.29, 0.717) is 5.41 Å². The fourth-order valence-corrected chi connectivity index (χ4v) is 8.75. The molecule has 0 bridgehead atoms. The van der Waals surface area contributed by atoms with Crippen LogP contribution in [-0.2, 0) is 4.79 Å². The second-order valence-electron chi connectivity index (χ2n) is 10.4. The van der Waals surface area contributed by atoms with Crippen molar-refractivity contribution >= 4 is 6.29 Å². The van der Waals surface area contributed by atoms with Crippen LogP contribution in [0.5, 0.6) is 0 Å². The highest BCUT2D eigenvalue weighted by molar-refractivity contribution is 5.51. The predicted octanol–water partition coefficient (Wildman–Crippen LogP) is 5.34. The first-order chi connectivity index (χ1) is 11.1. The largest absolute Gasteiger partial charge is 0.303 e. The lowest BCUT2D eigenvalue weighted by Crippen LogP contribution is -2.49. The van der Waals surface area contributed by atoms with Gasteiger partial charge in [0.2, 0.25) is 0 Å². The SMILES string of the molecule is CC1CCC2C3CC[C@]4(C)C(CC=O)[C@H]5C[C@H]5C4C3CC[C@@H]2C1. The molecular weight excluding hydrogens is 280 g/mol. The van der Waals surface area contributed by atoms with Crippen LogP contribution in [0.1, 0.15) is 71.6 Å². The molecule has 1 heteroatoms. The Morgan fingerprint density at radius 1 is 0.913 bits per heavy atom. The molecule has 5 fully saturated rings. The molecule has 5 rings (SSSR count). The molecule has 0 aromatic rings. The summed E-state index contributed by atoms with van der Waals surface area (Å²) < 4.78 is 0. The lowest BCUT2D eigenvalue weighted by atomic mass is 9.48. The van der Waals surface area contributed by atoms with Crippen molar-refractivity contribution in [1.82, 2.24) is 0 Å². The van der Waals surface area contributed by atoms with Crippen molar-refractivity contribution in [2.45, 2.75) is 71.6 Å². The quantitative estimate of drug-likeness (QED) is 0.629. The molecule has 6 unspecified atom stereocenters. The monoisotopic (exact) mass is 314 g/mol. The summed E-state index contributed by atoms with van der Waals surface area (Å²) in [4.78, 5) is 11.2. The molecule has 0 N–H and O–H groups in total. The van der Waals surface area contributed by atoms with E-state index in [4.69, 9.17) is 0 Å². The maximum absolute atomic E-state index is 11.2. The average Bonchev–Trinajstić information content (AvgIpc) is 3.26. The minimum atomic E-state index is 0.518. The lowest BCUT2D eigenvalue weighted by molar-refractivity contribution is -0.112. The minimum Gasteiger partial charge on any atom is -0.303 e. The van der Waals surface area contributed by atoms with Gasteiger partial charge in [0.15, 0.2) is 0 Å². The van der Waals surface area contributed by atoms with E-state index >= 15 is 0 Å². The van der Waals surface area contributed by atoms with Gasteiger partial charge in [0, 0.05) is 6.42 Å². The lowest BCUT2D eigenvalue weighted by Gasteiger charge is -2.57. The van der Waals surface area contributed by atoms with Gasteiger partial charge in [-0.2, -0.15) is 0 Å². The van der Waals surface area contributed by atoms with Crippen LogP contribution in [0.2, 0.25) is 0 Å². The Hall–Kier alpha value is -0.330. The second-order valence-corrected chi connectivity index (χ2v) is 10.4. The van der Waals surface area contributed by atoms with Crippen LogP contribution in [0.25, 0.3) is 0 Å². The first kappa shape index (κ1) is 15.0. The Morgan fingerprint density at radius 2 is 1.74 bits per heavy atom. The Kier molecular flexibility index (Phi) is 3.31. The van der Waals surface area contributed by atoms with Crippen LogP contribution >= 0.6 is 0 Å². The summed E-state index contributed by atoms with van der Waals surface area (Å²) in [5.41, 5.74) is 0.518. The third-order valence-electron chi connectivity index (χ3n) is 9.58. The van der Waals surface area contributed by atoms with Crippen LogP contribution in [0.15, 0.2) is 0 Å². The molecule has 5 saturated carbocycles. The molecule has 0 spiro atoms. The van der Waals surface area contributed by atoms with E-state index in [1.807, 2.05) is 0 Å². The molecule has 0 amide bonds. The summed E-state index contributed by atoms with van der Waals surface area (Å²) in [5, 5.41) is 0. The fourth-order valence-electron chi connectivity index (χ4n) is 8.75. The standard InChI is InChI=1S/C22H34O/c1-13-3-5-15-14(11-13)4-6-17-16(15)7-9-22(2)20(8-10-23)18-12-19(18)21(17)22/h10,13-21H,3-9,11-12H2,1-2H3/t13?,14-,15?,16?,17?,18+,19-,20?,21?,22-/m1/s1. The van der Waals surface area contributed by atoms with Crippen molar-refractivity contribution in [1.29, 1.82) is 0 Å². The summed E-state index contributed by atoms with van der Waals surface area (Å²) in [6.07, 6.45) is 14.1. The first-order valence-electron chi connectivity index (χ1n) is 10.6. The third-order valence-corrected chi connectivity index (χ3v) is 9.58. The Bertz CT molecular complexity index is 498. The minimum absolute atomic E-state index is 0.518. The van der Waals surface area contributed by atoms with E-state index in [9.17, 15) is 4.79 Å². The fraction of sp³-hybridized carbons (Fsp3) is 0.955.